The summed E-state index contributed by atoms with van der Waals surface area (Å²) in [4.78, 5) is 22.8. The van der Waals surface area contributed by atoms with Crippen LogP contribution in [0.25, 0.3) is 0 Å². The molecule has 0 radical (unpaired) electrons. The van der Waals surface area contributed by atoms with Crippen molar-refractivity contribution in [3.63, 3.8) is 0 Å². The van der Waals surface area contributed by atoms with Gasteiger partial charge in [-0.25, -0.2) is 4.79 Å². The van der Waals surface area contributed by atoms with Crippen LogP contribution in [0.2, 0.25) is 0 Å². The lowest BCUT2D eigenvalue weighted by Crippen LogP contribution is -2.35. The Balaban J connectivity index is 2.03. The van der Waals surface area contributed by atoms with E-state index in [4.69, 9.17) is 4.74 Å². The highest BCUT2D eigenvalue weighted by Crippen LogP contribution is 2.30. The van der Waals surface area contributed by atoms with Crippen LogP contribution in [0.3, 0.4) is 0 Å². The van der Waals surface area contributed by atoms with E-state index in [1.54, 1.807) is 20.8 Å². The number of carbonyl (C=O) groups is 2. The Morgan fingerprint density at radius 2 is 1.94 bits per heavy atom. The molecule has 1 saturated carbocycles. The largest absolute Gasteiger partial charge is 0.444 e. The van der Waals surface area contributed by atoms with Crippen LogP contribution in [0, 0.1) is 5.92 Å². The smallest absolute Gasteiger partial charge is 0.408 e. The molecule has 0 aliphatic heterocycles. The van der Waals surface area contributed by atoms with Crippen molar-refractivity contribution in [2.75, 3.05) is 6.54 Å². The summed E-state index contributed by atoms with van der Waals surface area (Å²) in [6.07, 6.45) is 6.13. The summed E-state index contributed by atoms with van der Waals surface area (Å²) in [6.45, 7) is 5.48. The Labute approximate surface area is 109 Å². The van der Waals surface area contributed by atoms with Crippen LogP contribution in [-0.4, -0.2) is 24.0 Å². The van der Waals surface area contributed by atoms with Crippen LogP contribution >= 0.6 is 0 Å². The SMILES string of the molecule is CC(C)(C)OC(=O)NCC(=O)CCCC1CCC1. The first-order valence-corrected chi connectivity index (χ1v) is 6.85. The third-order valence-corrected chi connectivity index (χ3v) is 3.12. The predicted molar refractivity (Wildman–Crippen MR) is 70.4 cm³/mol. The van der Waals surface area contributed by atoms with Crippen LogP contribution in [0.15, 0.2) is 0 Å². The van der Waals surface area contributed by atoms with Crippen LogP contribution in [0.1, 0.15) is 59.3 Å². The van der Waals surface area contributed by atoms with Gasteiger partial charge in [0.05, 0.1) is 6.54 Å². The number of amides is 1. The molecule has 1 aliphatic carbocycles. The average Bonchev–Trinajstić information content (AvgIpc) is 2.16. The van der Waals surface area contributed by atoms with Gasteiger partial charge < -0.3 is 10.1 Å². The first kappa shape index (κ1) is 15.0. The lowest BCUT2D eigenvalue weighted by atomic mass is 9.82. The number of carbonyl (C=O) groups excluding carboxylic acids is 2. The highest BCUT2D eigenvalue weighted by molar-refractivity contribution is 5.83. The van der Waals surface area contributed by atoms with Gasteiger partial charge in [0.2, 0.25) is 0 Å². The van der Waals surface area contributed by atoms with Gasteiger partial charge in [0.15, 0.2) is 5.78 Å². The molecule has 0 aromatic carbocycles. The average molecular weight is 255 g/mol. The molecule has 0 atom stereocenters. The Kier molecular flexibility index (Phi) is 5.63. The summed E-state index contributed by atoms with van der Waals surface area (Å²) in [5, 5.41) is 2.49. The molecule has 4 nitrogen and oxygen atoms in total. The molecule has 0 aromatic heterocycles. The van der Waals surface area contributed by atoms with E-state index < -0.39 is 11.7 Å². The summed E-state index contributed by atoms with van der Waals surface area (Å²) in [5.74, 6) is 0.928. The zero-order valence-electron chi connectivity index (χ0n) is 11.8. The number of alkyl carbamates (subject to hydrolysis) is 1. The van der Waals surface area contributed by atoms with Crippen molar-refractivity contribution in [1.82, 2.24) is 5.32 Å². The number of Topliss-reactive ketones (excluding diaryl/α,β-unsaturated/α-hetero) is 1. The van der Waals surface area contributed by atoms with E-state index in [1.165, 1.54) is 19.3 Å². The lowest BCUT2D eigenvalue weighted by Gasteiger charge is -2.24. The van der Waals surface area contributed by atoms with Gasteiger partial charge in [-0.3, -0.25) is 4.79 Å². The van der Waals surface area contributed by atoms with Gasteiger partial charge in [0, 0.05) is 6.42 Å². The number of hydrogen-bond donors (Lipinski definition) is 1. The zero-order chi connectivity index (χ0) is 13.6. The number of nitrogens with one attached hydrogen (secondary N) is 1. The molecule has 1 fully saturated rings. The molecule has 1 rings (SSSR count). The first-order valence-electron chi connectivity index (χ1n) is 6.85. The molecule has 1 N–H and O–H groups in total. The summed E-state index contributed by atoms with van der Waals surface area (Å²) in [6, 6.07) is 0. The Morgan fingerprint density at radius 1 is 1.28 bits per heavy atom. The molecule has 0 unspecified atom stereocenters. The first-order chi connectivity index (χ1) is 8.37. The molecule has 18 heavy (non-hydrogen) atoms. The van der Waals surface area contributed by atoms with E-state index in [1.807, 2.05) is 0 Å². The fraction of sp³-hybridized carbons (Fsp3) is 0.857. The standard InChI is InChI=1S/C14H25NO3/c1-14(2,3)18-13(17)15-10-12(16)9-5-8-11-6-4-7-11/h11H,4-10H2,1-3H3,(H,15,17). The molecule has 0 bridgehead atoms. The Hall–Kier alpha value is -1.06. The fourth-order valence-corrected chi connectivity index (χ4v) is 1.94. The molecule has 104 valence electrons. The van der Waals surface area contributed by atoms with Gasteiger partial charge in [-0.05, 0) is 33.1 Å². The molecular formula is C14H25NO3. The maximum absolute atomic E-state index is 11.5. The van der Waals surface area contributed by atoms with Crippen molar-refractivity contribution in [2.24, 2.45) is 5.92 Å². The van der Waals surface area contributed by atoms with E-state index in [-0.39, 0.29) is 12.3 Å². The van der Waals surface area contributed by atoms with Crippen LogP contribution in [0.4, 0.5) is 4.79 Å². The van der Waals surface area contributed by atoms with E-state index in [2.05, 4.69) is 5.32 Å². The van der Waals surface area contributed by atoms with E-state index in [9.17, 15) is 9.59 Å². The molecule has 1 amide bonds. The third kappa shape index (κ3) is 6.62. The number of ketones is 1. The maximum atomic E-state index is 11.5. The van der Waals surface area contributed by atoms with Crippen molar-refractivity contribution in [3.8, 4) is 0 Å². The van der Waals surface area contributed by atoms with E-state index in [0.717, 1.165) is 18.8 Å². The van der Waals surface area contributed by atoms with Gasteiger partial charge in [-0.1, -0.05) is 25.7 Å². The molecule has 0 heterocycles. The van der Waals surface area contributed by atoms with Gasteiger partial charge in [-0.2, -0.15) is 0 Å². The number of rotatable bonds is 6. The molecule has 4 heteroatoms. The summed E-state index contributed by atoms with van der Waals surface area (Å²) in [7, 11) is 0. The molecule has 1 aliphatic rings. The summed E-state index contributed by atoms with van der Waals surface area (Å²) < 4.78 is 5.06. The second kappa shape index (κ2) is 6.76. The van der Waals surface area contributed by atoms with Gasteiger partial charge in [0.1, 0.15) is 5.60 Å². The fourth-order valence-electron chi connectivity index (χ4n) is 1.94. The third-order valence-electron chi connectivity index (χ3n) is 3.12. The highest BCUT2D eigenvalue weighted by atomic mass is 16.6. The monoisotopic (exact) mass is 255 g/mol. The van der Waals surface area contributed by atoms with Crippen molar-refractivity contribution < 1.29 is 14.3 Å². The number of ether oxygens (including phenoxy) is 1. The molecule has 0 spiro atoms. The molecular weight excluding hydrogens is 230 g/mol. The highest BCUT2D eigenvalue weighted by Gasteiger charge is 2.18. The van der Waals surface area contributed by atoms with Gasteiger partial charge in [0.25, 0.3) is 0 Å². The quantitative estimate of drug-likeness (QED) is 0.793. The van der Waals surface area contributed by atoms with Crippen molar-refractivity contribution >= 4 is 11.9 Å². The van der Waals surface area contributed by atoms with Crippen molar-refractivity contribution in [1.29, 1.82) is 0 Å². The van der Waals surface area contributed by atoms with E-state index in [0.29, 0.717) is 6.42 Å². The lowest BCUT2D eigenvalue weighted by molar-refractivity contribution is -0.118. The van der Waals surface area contributed by atoms with Crippen LogP contribution < -0.4 is 5.32 Å². The van der Waals surface area contributed by atoms with Crippen molar-refractivity contribution in [2.45, 2.75) is 64.9 Å². The predicted octanol–water partition coefficient (Wildman–Crippen LogP) is 3.05. The normalized spacial score (nSPS) is 15.9. The van der Waals surface area contributed by atoms with Crippen molar-refractivity contribution in [3.05, 3.63) is 0 Å². The summed E-state index contributed by atoms with van der Waals surface area (Å²) in [5.41, 5.74) is -0.517. The Bertz CT molecular complexity index is 290. The zero-order valence-corrected chi connectivity index (χ0v) is 11.8. The van der Waals surface area contributed by atoms with Gasteiger partial charge >= 0.3 is 6.09 Å². The van der Waals surface area contributed by atoms with E-state index >= 15 is 0 Å². The van der Waals surface area contributed by atoms with Crippen LogP contribution in [0.5, 0.6) is 0 Å². The minimum Gasteiger partial charge on any atom is -0.444 e. The molecule has 0 aromatic rings. The topological polar surface area (TPSA) is 55.4 Å². The second-order valence-electron chi connectivity index (χ2n) is 6.08. The minimum atomic E-state index is -0.519. The Morgan fingerprint density at radius 3 is 2.44 bits per heavy atom. The number of hydrogen-bond acceptors (Lipinski definition) is 3. The van der Waals surface area contributed by atoms with Gasteiger partial charge in [-0.15, -0.1) is 0 Å². The minimum absolute atomic E-state index is 0.0829. The summed E-state index contributed by atoms with van der Waals surface area (Å²) >= 11 is 0. The molecule has 0 saturated heterocycles. The second-order valence-corrected chi connectivity index (χ2v) is 6.08. The maximum Gasteiger partial charge on any atom is 0.408 e. The van der Waals surface area contributed by atoms with Crippen LogP contribution in [-0.2, 0) is 9.53 Å².